The summed E-state index contributed by atoms with van der Waals surface area (Å²) in [5.74, 6) is 0.474. The van der Waals surface area contributed by atoms with Crippen molar-refractivity contribution in [3.05, 3.63) is 54.1 Å². The molecule has 0 aromatic heterocycles. The highest BCUT2D eigenvalue weighted by Gasteiger charge is 2.44. The van der Waals surface area contributed by atoms with Gasteiger partial charge in [0, 0.05) is 4.90 Å². The first kappa shape index (κ1) is 19.2. The molecule has 5 atom stereocenters. The minimum atomic E-state index is -1.47. The number of ether oxygens (including phenoxy) is 2. The molecule has 1 aliphatic heterocycles. The van der Waals surface area contributed by atoms with Crippen LogP contribution >= 0.6 is 11.8 Å². The van der Waals surface area contributed by atoms with E-state index in [2.05, 4.69) is 0 Å². The van der Waals surface area contributed by atoms with Crippen LogP contribution in [-0.4, -0.2) is 57.7 Å². The van der Waals surface area contributed by atoms with Crippen molar-refractivity contribution < 1.29 is 29.9 Å². The summed E-state index contributed by atoms with van der Waals surface area (Å²) in [4.78, 5) is 1.84. The van der Waals surface area contributed by atoms with Gasteiger partial charge in [-0.1, -0.05) is 41.6 Å². The zero-order chi connectivity index (χ0) is 18.7. The van der Waals surface area contributed by atoms with E-state index in [1.807, 2.05) is 43.3 Å². The molecule has 2 aromatic carbocycles. The number of aliphatic hydroxyl groups is 4. The van der Waals surface area contributed by atoms with Crippen molar-refractivity contribution in [1.29, 1.82) is 0 Å². The van der Waals surface area contributed by atoms with Gasteiger partial charge in [0.25, 0.3) is 0 Å². The second-order valence-electron chi connectivity index (χ2n) is 6.18. The Kier molecular flexibility index (Phi) is 6.18. The minimum absolute atomic E-state index is 0.474. The molecule has 26 heavy (non-hydrogen) atoms. The summed E-state index contributed by atoms with van der Waals surface area (Å²) in [5, 5.41) is 39.2. The average molecular weight is 378 g/mol. The molecule has 0 spiro atoms. The first-order valence-electron chi connectivity index (χ1n) is 8.30. The van der Waals surface area contributed by atoms with Crippen LogP contribution in [0.3, 0.4) is 0 Å². The molecule has 0 aliphatic carbocycles. The van der Waals surface area contributed by atoms with Crippen LogP contribution in [0.15, 0.2) is 58.3 Å². The first-order chi connectivity index (χ1) is 12.5. The fourth-order valence-electron chi connectivity index (χ4n) is 2.65. The molecule has 2 aromatic rings. The van der Waals surface area contributed by atoms with Gasteiger partial charge in [-0.05, 0) is 31.2 Å². The fraction of sp³-hybridized carbons (Fsp3) is 0.368. The Morgan fingerprint density at radius 3 is 2.35 bits per heavy atom. The highest BCUT2D eigenvalue weighted by molar-refractivity contribution is 7.99. The molecule has 6 nitrogen and oxygen atoms in total. The van der Waals surface area contributed by atoms with Crippen LogP contribution < -0.4 is 4.74 Å². The van der Waals surface area contributed by atoms with Crippen LogP contribution in [0.1, 0.15) is 5.56 Å². The van der Waals surface area contributed by atoms with E-state index < -0.39 is 37.3 Å². The Morgan fingerprint density at radius 1 is 0.962 bits per heavy atom. The van der Waals surface area contributed by atoms with Crippen LogP contribution in [0, 0.1) is 6.92 Å². The van der Waals surface area contributed by atoms with Gasteiger partial charge >= 0.3 is 0 Å². The van der Waals surface area contributed by atoms with E-state index in [4.69, 9.17) is 9.47 Å². The van der Waals surface area contributed by atoms with Gasteiger partial charge in [0.1, 0.15) is 30.2 Å². The Morgan fingerprint density at radius 2 is 1.65 bits per heavy atom. The summed E-state index contributed by atoms with van der Waals surface area (Å²) in [7, 11) is 0. The topological polar surface area (TPSA) is 99.4 Å². The third-order valence-corrected chi connectivity index (χ3v) is 5.25. The van der Waals surface area contributed by atoms with E-state index >= 15 is 0 Å². The van der Waals surface area contributed by atoms with Crippen LogP contribution in [0.5, 0.6) is 5.75 Å². The lowest BCUT2D eigenvalue weighted by molar-refractivity contribution is -0.277. The number of aryl methyl sites for hydroxylation is 1. The summed E-state index contributed by atoms with van der Waals surface area (Å²) < 4.78 is 11.2. The molecule has 140 valence electrons. The lowest BCUT2D eigenvalue weighted by Crippen LogP contribution is -2.60. The number of hydrogen-bond donors (Lipinski definition) is 4. The van der Waals surface area contributed by atoms with E-state index in [1.165, 1.54) is 17.3 Å². The van der Waals surface area contributed by atoms with Crippen LogP contribution in [0.25, 0.3) is 0 Å². The molecule has 5 unspecified atom stereocenters. The van der Waals surface area contributed by atoms with Crippen molar-refractivity contribution in [3.8, 4) is 5.75 Å². The molecule has 3 rings (SSSR count). The Hall–Kier alpha value is -1.61. The zero-order valence-electron chi connectivity index (χ0n) is 14.2. The molecule has 1 fully saturated rings. The summed E-state index contributed by atoms with van der Waals surface area (Å²) in [6.45, 7) is 1.52. The van der Waals surface area contributed by atoms with E-state index in [0.717, 1.165) is 9.79 Å². The van der Waals surface area contributed by atoms with Gasteiger partial charge in [0.05, 0.1) is 11.5 Å². The Bertz CT molecular complexity index is 720. The molecule has 7 heteroatoms. The summed E-state index contributed by atoms with van der Waals surface area (Å²) in [6.07, 6.45) is -6.53. The van der Waals surface area contributed by atoms with Crippen molar-refractivity contribution in [1.82, 2.24) is 0 Å². The first-order valence-corrected chi connectivity index (χ1v) is 9.12. The van der Waals surface area contributed by atoms with Gasteiger partial charge in [-0.3, -0.25) is 0 Å². The van der Waals surface area contributed by atoms with Crippen molar-refractivity contribution in [2.45, 2.75) is 47.4 Å². The predicted molar refractivity (Wildman–Crippen MR) is 96.1 cm³/mol. The fourth-order valence-corrected chi connectivity index (χ4v) is 3.54. The highest BCUT2D eigenvalue weighted by atomic mass is 32.2. The standard InChI is InChI=1S/C19H22O6S/c1-11-6-8-12(9-7-11)26-15-5-3-2-4-13(15)24-19-18(23)17(22)16(21)14(10-20)25-19/h2-9,14,16-23H,10H2,1H3. The third-order valence-electron chi connectivity index (χ3n) is 4.19. The lowest BCUT2D eigenvalue weighted by atomic mass is 9.99. The molecular formula is C19H22O6S. The number of para-hydroxylation sites is 1. The van der Waals surface area contributed by atoms with Gasteiger partial charge in [0.2, 0.25) is 6.29 Å². The van der Waals surface area contributed by atoms with Crippen LogP contribution in [0.4, 0.5) is 0 Å². The quantitative estimate of drug-likeness (QED) is 0.623. The summed E-state index contributed by atoms with van der Waals surface area (Å²) in [6, 6.07) is 15.3. The molecule has 1 heterocycles. The maximum absolute atomic E-state index is 10.1. The summed E-state index contributed by atoms with van der Waals surface area (Å²) >= 11 is 1.50. The Labute approximate surface area is 156 Å². The monoisotopic (exact) mass is 378 g/mol. The predicted octanol–water partition coefficient (Wildman–Crippen LogP) is 1.32. The van der Waals surface area contributed by atoms with Gasteiger partial charge < -0.3 is 29.9 Å². The van der Waals surface area contributed by atoms with Crippen LogP contribution in [-0.2, 0) is 4.74 Å². The van der Waals surface area contributed by atoms with Gasteiger partial charge in [-0.2, -0.15) is 0 Å². The average Bonchev–Trinajstić information content (AvgIpc) is 2.65. The normalized spacial score (nSPS) is 28.7. The van der Waals surface area contributed by atoms with Crippen molar-refractivity contribution in [3.63, 3.8) is 0 Å². The number of aliphatic hydroxyl groups excluding tert-OH is 4. The molecule has 4 N–H and O–H groups in total. The molecule has 0 bridgehead atoms. The van der Waals surface area contributed by atoms with Crippen molar-refractivity contribution in [2.75, 3.05) is 6.61 Å². The van der Waals surface area contributed by atoms with Gasteiger partial charge in [-0.25, -0.2) is 0 Å². The van der Waals surface area contributed by atoms with Crippen molar-refractivity contribution >= 4 is 11.8 Å². The van der Waals surface area contributed by atoms with E-state index in [9.17, 15) is 20.4 Å². The Balaban J connectivity index is 1.78. The highest BCUT2D eigenvalue weighted by Crippen LogP contribution is 2.36. The van der Waals surface area contributed by atoms with Gasteiger partial charge in [-0.15, -0.1) is 0 Å². The third kappa shape index (κ3) is 4.20. The second kappa shape index (κ2) is 8.39. The lowest BCUT2D eigenvalue weighted by Gasteiger charge is -2.39. The maximum Gasteiger partial charge on any atom is 0.229 e. The maximum atomic E-state index is 10.1. The molecule has 0 saturated carbocycles. The SMILES string of the molecule is Cc1ccc(Sc2ccccc2OC2OC(CO)C(O)C(O)C2O)cc1. The molecule has 1 aliphatic rings. The van der Waals surface area contributed by atoms with E-state index in [0.29, 0.717) is 5.75 Å². The molecule has 0 amide bonds. The smallest absolute Gasteiger partial charge is 0.229 e. The van der Waals surface area contributed by atoms with E-state index in [-0.39, 0.29) is 0 Å². The minimum Gasteiger partial charge on any atom is -0.461 e. The largest absolute Gasteiger partial charge is 0.461 e. The second-order valence-corrected chi connectivity index (χ2v) is 7.29. The molecular weight excluding hydrogens is 356 g/mol. The zero-order valence-corrected chi connectivity index (χ0v) is 15.0. The molecule has 1 saturated heterocycles. The number of rotatable bonds is 5. The van der Waals surface area contributed by atoms with Crippen molar-refractivity contribution in [2.24, 2.45) is 0 Å². The molecule has 0 radical (unpaired) electrons. The number of benzene rings is 2. The van der Waals surface area contributed by atoms with Gasteiger partial charge in [0.15, 0.2) is 0 Å². The van der Waals surface area contributed by atoms with Crippen LogP contribution in [0.2, 0.25) is 0 Å². The summed E-state index contributed by atoms with van der Waals surface area (Å²) in [5.41, 5.74) is 1.17. The van der Waals surface area contributed by atoms with E-state index in [1.54, 1.807) is 12.1 Å². The number of hydrogen-bond acceptors (Lipinski definition) is 7.